The first-order valence-corrected chi connectivity index (χ1v) is 17.6. The number of hydrogen-bond donors (Lipinski definition) is 0. The van der Waals surface area contributed by atoms with Crippen molar-refractivity contribution in [2.45, 2.75) is 33.0 Å². The Hall–Kier alpha value is -5.94. The second kappa shape index (κ2) is 14.1. The second-order valence-corrected chi connectivity index (χ2v) is 14.2. The maximum absolute atomic E-state index is 7.23. The number of benzene rings is 6. The van der Waals surface area contributed by atoms with Gasteiger partial charge in [-0.05, 0) is 63.4 Å². The molecule has 0 atom stereocenters. The van der Waals surface area contributed by atoms with Crippen molar-refractivity contribution in [2.24, 2.45) is 0 Å². The van der Waals surface area contributed by atoms with Crippen molar-refractivity contribution in [3.63, 3.8) is 0 Å². The third kappa shape index (κ3) is 6.28. The van der Waals surface area contributed by atoms with E-state index in [1.54, 1.807) is 18.2 Å². The smallest absolute Gasteiger partial charge is 0.155 e. The molecular formula is C48H36IrN4O-2. The summed E-state index contributed by atoms with van der Waals surface area (Å²) in [5.41, 5.74) is 8.11. The molecule has 0 N–H and O–H groups in total. The van der Waals surface area contributed by atoms with Gasteiger partial charge in [-0.1, -0.05) is 111 Å². The van der Waals surface area contributed by atoms with E-state index in [1.165, 1.54) is 17.0 Å². The number of aromatic nitrogens is 4. The first-order chi connectivity index (χ1) is 27.0. The van der Waals surface area contributed by atoms with E-state index >= 15 is 0 Å². The van der Waals surface area contributed by atoms with Crippen LogP contribution in [-0.2, 0) is 25.5 Å². The number of imidazole rings is 1. The quantitative estimate of drug-likeness (QED) is 0.131. The number of pyridine rings is 2. The van der Waals surface area contributed by atoms with Crippen LogP contribution in [-0.4, -0.2) is 19.5 Å². The Morgan fingerprint density at radius 1 is 0.685 bits per heavy atom. The number of aryl methyl sites for hydroxylation is 1. The van der Waals surface area contributed by atoms with Gasteiger partial charge in [0.2, 0.25) is 0 Å². The minimum atomic E-state index is -2.09. The summed E-state index contributed by atoms with van der Waals surface area (Å²) in [5, 5.41) is 6.81. The molecule has 5 nitrogen and oxygen atoms in total. The van der Waals surface area contributed by atoms with Gasteiger partial charge in [0.05, 0.1) is 16.9 Å². The van der Waals surface area contributed by atoms with E-state index in [4.69, 9.17) is 18.5 Å². The normalized spacial score (nSPS) is 12.6. The topological polar surface area (TPSA) is 56.7 Å². The van der Waals surface area contributed by atoms with Gasteiger partial charge in [0.25, 0.3) is 0 Å². The maximum Gasteiger partial charge on any atom is 0.155 e. The average Bonchev–Trinajstić information content (AvgIpc) is 3.80. The van der Waals surface area contributed by atoms with Crippen LogP contribution in [0.5, 0.6) is 0 Å². The fraction of sp³-hybridized carbons (Fsp3) is 0.104. The SMILES string of the molecule is CC(C)(C)c1cnc2c(c1)nc(-c1[c-]ccc3c1oc1c3ccc3ccc4ccccc4c31)n2-c1ccccc1.[2H]C([2H])([2H])c1ccc(-c2[c-]cccc2)nc1.[Ir]. The molecule has 0 fully saturated rings. The molecule has 4 aromatic heterocycles. The Bertz CT molecular complexity index is 3040. The minimum Gasteiger partial charge on any atom is -0.500 e. The average molecular weight is 880 g/mol. The Balaban J connectivity index is 0.000000226. The molecule has 0 aliphatic rings. The third-order valence-electron chi connectivity index (χ3n) is 9.66. The van der Waals surface area contributed by atoms with Crippen molar-refractivity contribution in [1.82, 2.24) is 19.5 Å². The van der Waals surface area contributed by atoms with Gasteiger partial charge in [-0.25, -0.2) is 4.98 Å². The van der Waals surface area contributed by atoms with Gasteiger partial charge in [-0.15, -0.1) is 54.1 Å². The van der Waals surface area contributed by atoms with E-state index in [0.29, 0.717) is 0 Å². The zero-order chi connectivity index (χ0) is 38.6. The molecule has 54 heavy (non-hydrogen) atoms. The molecule has 4 heterocycles. The van der Waals surface area contributed by atoms with E-state index in [9.17, 15) is 0 Å². The van der Waals surface area contributed by atoms with Crippen LogP contribution in [0, 0.1) is 19.0 Å². The van der Waals surface area contributed by atoms with Crippen molar-refractivity contribution in [3.8, 4) is 28.3 Å². The molecule has 0 aliphatic heterocycles. The number of rotatable bonds is 3. The van der Waals surface area contributed by atoms with Gasteiger partial charge in [0.1, 0.15) is 5.58 Å². The van der Waals surface area contributed by atoms with E-state index < -0.39 is 6.85 Å². The summed E-state index contributed by atoms with van der Waals surface area (Å²) in [5.74, 6) is 0.763. The molecule has 265 valence electrons. The summed E-state index contributed by atoms with van der Waals surface area (Å²) in [6.07, 6.45) is 3.36. The van der Waals surface area contributed by atoms with Gasteiger partial charge in [0.15, 0.2) is 5.65 Å². The van der Waals surface area contributed by atoms with Crippen LogP contribution in [0.1, 0.15) is 36.0 Å². The third-order valence-corrected chi connectivity index (χ3v) is 9.66. The summed E-state index contributed by atoms with van der Waals surface area (Å²) in [4.78, 5) is 14.2. The monoisotopic (exact) mass is 880 g/mol. The fourth-order valence-corrected chi connectivity index (χ4v) is 6.92. The van der Waals surface area contributed by atoms with Crippen LogP contribution in [0.2, 0.25) is 0 Å². The van der Waals surface area contributed by atoms with Crippen LogP contribution in [0.25, 0.3) is 83.0 Å². The molecule has 0 amide bonds. The van der Waals surface area contributed by atoms with E-state index in [0.717, 1.165) is 77.8 Å². The van der Waals surface area contributed by atoms with Crippen molar-refractivity contribution in [1.29, 1.82) is 0 Å². The van der Waals surface area contributed by atoms with Crippen LogP contribution in [0.3, 0.4) is 0 Å². The van der Waals surface area contributed by atoms with Gasteiger partial charge in [0, 0.05) is 53.1 Å². The van der Waals surface area contributed by atoms with Crippen molar-refractivity contribution in [2.75, 3.05) is 0 Å². The predicted octanol–water partition coefficient (Wildman–Crippen LogP) is 12.2. The summed E-state index contributed by atoms with van der Waals surface area (Å²) in [7, 11) is 0. The Labute approximate surface area is 331 Å². The largest absolute Gasteiger partial charge is 0.500 e. The maximum atomic E-state index is 7.23. The first-order valence-electron chi connectivity index (χ1n) is 19.1. The van der Waals surface area contributed by atoms with Gasteiger partial charge < -0.3 is 14.0 Å². The summed E-state index contributed by atoms with van der Waals surface area (Å²) in [6, 6.07) is 50.9. The molecular weight excluding hydrogens is 841 g/mol. The standard InChI is InChI=1S/C36H26N3O.C12H10N.Ir/c1-36(2,3)24-20-30-35(37-21-24)39(25-11-5-4-6-12-25)34(38-30)29-15-9-14-27-28-19-18-23-17-16-22-10-7-8-13-26(22)31(23)33(28)40-32(27)29;1-10-7-8-12(13-9-10)11-5-3-2-4-6-11;/h4-14,16-21H,1-3H3;2-5,7-9H,1H3;/q2*-1;/i;1D3;. The van der Waals surface area contributed by atoms with E-state index in [2.05, 4.69) is 115 Å². The van der Waals surface area contributed by atoms with Gasteiger partial charge >= 0.3 is 0 Å². The number of para-hydroxylation sites is 1. The summed E-state index contributed by atoms with van der Waals surface area (Å²) in [6.45, 7) is 4.50. The molecule has 10 aromatic rings. The summed E-state index contributed by atoms with van der Waals surface area (Å²) >= 11 is 0. The van der Waals surface area contributed by atoms with Crippen molar-refractivity contribution in [3.05, 3.63) is 169 Å². The van der Waals surface area contributed by atoms with Crippen LogP contribution < -0.4 is 0 Å². The zero-order valence-corrected chi connectivity index (χ0v) is 32.3. The molecule has 0 spiro atoms. The molecule has 0 bridgehead atoms. The number of hydrogen-bond acceptors (Lipinski definition) is 4. The number of nitrogens with zero attached hydrogens (tertiary/aromatic N) is 4. The van der Waals surface area contributed by atoms with Crippen LogP contribution >= 0.6 is 0 Å². The first kappa shape index (κ1) is 31.6. The molecule has 6 aromatic carbocycles. The van der Waals surface area contributed by atoms with Crippen molar-refractivity contribution < 1.29 is 28.6 Å². The molecule has 10 rings (SSSR count). The fourth-order valence-electron chi connectivity index (χ4n) is 6.92. The Morgan fingerprint density at radius 3 is 2.24 bits per heavy atom. The predicted molar refractivity (Wildman–Crippen MR) is 217 cm³/mol. The molecule has 0 saturated carbocycles. The Kier molecular flexibility index (Phi) is 8.26. The number of fused-ring (bicyclic) bond motifs is 8. The second-order valence-electron chi connectivity index (χ2n) is 14.2. The molecule has 0 saturated heterocycles. The van der Waals surface area contributed by atoms with Gasteiger partial charge in [-0.3, -0.25) is 4.98 Å². The van der Waals surface area contributed by atoms with E-state index in [1.807, 2.05) is 48.7 Å². The number of furan rings is 1. The summed E-state index contributed by atoms with van der Waals surface area (Å²) < 4.78 is 30.6. The molecule has 0 unspecified atom stereocenters. The molecule has 6 heteroatoms. The zero-order valence-electron chi connectivity index (χ0n) is 32.9. The van der Waals surface area contributed by atoms with Crippen LogP contribution in [0.4, 0.5) is 0 Å². The van der Waals surface area contributed by atoms with Gasteiger partial charge in [-0.2, -0.15) is 0 Å². The minimum absolute atomic E-state index is 0. The van der Waals surface area contributed by atoms with E-state index in [-0.39, 0.29) is 31.1 Å². The van der Waals surface area contributed by atoms with Crippen molar-refractivity contribution >= 4 is 54.6 Å². The van der Waals surface area contributed by atoms with Crippen LogP contribution in [0.15, 0.2) is 150 Å². The Morgan fingerprint density at radius 2 is 1.46 bits per heavy atom. The molecule has 1 radical (unpaired) electrons. The molecule has 0 aliphatic carbocycles.